The first-order chi connectivity index (χ1) is 7.25. The molecule has 1 aromatic rings. The van der Waals surface area contributed by atoms with Crippen LogP contribution < -0.4 is 4.74 Å². The molecule has 0 aliphatic carbocycles. The smallest absolute Gasteiger partial charge is 0.302 e. The highest BCUT2D eigenvalue weighted by Crippen LogP contribution is 2.26. The van der Waals surface area contributed by atoms with Gasteiger partial charge in [0.25, 0.3) is 0 Å². The van der Waals surface area contributed by atoms with E-state index in [4.69, 9.17) is 9.47 Å². The van der Waals surface area contributed by atoms with Gasteiger partial charge >= 0.3 is 5.97 Å². The highest BCUT2D eigenvalue weighted by Gasteiger charge is 2.19. The first-order valence-electron chi connectivity index (χ1n) is 5.13. The molecule has 0 aromatic heterocycles. The summed E-state index contributed by atoms with van der Waals surface area (Å²) in [7, 11) is 0. The maximum Gasteiger partial charge on any atom is 0.302 e. The summed E-state index contributed by atoms with van der Waals surface area (Å²) in [6.45, 7) is 1.76. The normalized spacial score (nSPS) is 18.9. The third kappa shape index (κ3) is 2.49. The Morgan fingerprint density at radius 3 is 3.13 bits per heavy atom. The van der Waals surface area contributed by atoms with Crippen molar-refractivity contribution in [3.8, 4) is 5.75 Å². The van der Waals surface area contributed by atoms with Crippen LogP contribution in [0.1, 0.15) is 18.9 Å². The Morgan fingerprint density at radius 1 is 1.53 bits per heavy atom. The molecule has 0 amide bonds. The summed E-state index contributed by atoms with van der Waals surface area (Å²) in [4.78, 5) is 10.7. The Hall–Kier alpha value is -1.51. The highest BCUT2D eigenvalue weighted by molar-refractivity contribution is 5.65. The second-order valence-corrected chi connectivity index (χ2v) is 3.69. The van der Waals surface area contributed by atoms with Crippen molar-refractivity contribution in [2.45, 2.75) is 25.9 Å². The van der Waals surface area contributed by atoms with Crippen molar-refractivity contribution in [3.05, 3.63) is 29.8 Å². The molecule has 2 rings (SSSR count). The van der Waals surface area contributed by atoms with Crippen molar-refractivity contribution in [3.63, 3.8) is 0 Å². The van der Waals surface area contributed by atoms with Crippen molar-refractivity contribution in [2.24, 2.45) is 0 Å². The molecule has 0 fully saturated rings. The molecular weight excluding hydrogens is 192 g/mol. The molecule has 15 heavy (non-hydrogen) atoms. The number of esters is 1. The van der Waals surface area contributed by atoms with Crippen molar-refractivity contribution in [1.82, 2.24) is 0 Å². The number of fused-ring (bicyclic) bond motifs is 1. The van der Waals surface area contributed by atoms with Gasteiger partial charge in [0.15, 0.2) is 0 Å². The van der Waals surface area contributed by atoms with Crippen molar-refractivity contribution >= 4 is 5.97 Å². The van der Waals surface area contributed by atoms with Gasteiger partial charge in [-0.2, -0.15) is 0 Å². The van der Waals surface area contributed by atoms with Crippen LogP contribution in [0.2, 0.25) is 0 Å². The Labute approximate surface area is 89.0 Å². The molecule has 0 saturated carbocycles. The molecular formula is C12H14O3. The predicted molar refractivity (Wildman–Crippen MR) is 55.8 cm³/mol. The zero-order chi connectivity index (χ0) is 10.7. The molecule has 1 aliphatic heterocycles. The number of benzene rings is 1. The Bertz CT molecular complexity index is 360. The number of hydrogen-bond donors (Lipinski definition) is 0. The average Bonchev–Trinajstić information content (AvgIpc) is 2.26. The Balaban J connectivity index is 1.96. The van der Waals surface area contributed by atoms with E-state index in [-0.39, 0.29) is 12.1 Å². The van der Waals surface area contributed by atoms with Crippen molar-refractivity contribution < 1.29 is 14.3 Å². The van der Waals surface area contributed by atoms with Gasteiger partial charge in [0.1, 0.15) is 18.5 Å². The lowest BCUT2D eigenvalue weighted by molar-refractivity contribution is -0.143. The Morgan fingerprint density at radius 2 is 2.33 bits per heavy atom. The van der Waals surface area contributed by atoms with Crippen LogP contribution in [0.4, 0.5) is 0 Å². The minimum atomic E-state index is -0.252. The fraction of sp³-hybridized carbons (Fsp3) is 0.417. The van der Waals surface area contributed by atoms with Crippen molar-refractivity contribution in [2.75, 3.05) is 6.61 Å². The highest BCUT2D eigenvalue weighted by atomic mass is 16.6. The second-order valence-electron chi connectivity index (χ2n) is 3.69. The summed E-state index contributed by atoms with van der Waals surface area (Å²) in [6, 6.07) is 7.98. The number of rotatable bonds is 2. The van der Waals surface area contributed by atoms with E-state index in [9.17, 15) is 4.79 Å². The number of aryl methyl sites for hydroxylation is 1. The lowest BCUT2D eigenvalue weighted by atomic mass is 10.0. The number of ether oxygens (including phenoxy) is 2. The van der Waals surface area contributed by atoms with Gasteiger partial charge in [-0.05, 0) is 24.5 Å². The molecule has 1 unspecified atom stereocenters. The first-order valence-corrected chi connectivity index (χ1v) is 5.13. The van der Waals surface area contributed by atoms with Gasteiger partial charge in [-0.3, -0.25) is 4.79 Å². The monoisotopic (exact) mass is 206 g/mol. The van der Waals surface area contributed by atoms with E-state index in [0.717, 1.165) is 18.6 Å². The molecule has 0 N–H and O–H groups in total. The third-order valence-corrected chi connectivity index (χ3v) is 2.47. The van der Waals surface area contributed by atoms with Gasteiger partial charge < -0.3 is 9.47 Å². The lowest BCUT2D eigenvalue weighted by Gasteiger charge is -2.25. The molecule has 3 heteroatoms. The minimum Gasteiger partial charge on any atom is -0.487 e. The van der Waals surface area contributed by atoms with Crippen LogP contribution in [-0.2, 0) is 16.0 Å². The van der Waals surface area contributed by atoms with Gasteiger partial charge in [-0.15, -0.1) is 0 Å². The molecule has 0 spiro atoms. The number of para-hydroxylation sites is 1. The number of carbonyl (C=O) groups excluding carboxylic acids is 1. The molecule has 1 aliphatic rings. The molecule has 3 nitrogen and oxygen atoms in total. The van der Waals surface area contributed by atoms with Gasteiger partial charge in [0.2, 0.25) is 0 Å². The van der Waals surface area contributed by atoms with Crippen LogP contribution in [0, 0.1) is 0 Å². The van der Waals surface area contributed by atoms with E-state index in [0.29, 0.717) is 6.61 Å². The van der Waals surface area contributed by atoms with Crippen LogP contribution in [0.3, 0.4) is 0 Å². The van der Waals surface area contributed by atoms with Gasteiger partial charge in [-0.25, -0.2) is 0 Å². The topological polar surface area (TPSA) is 35.5 Å². The maximum absolute atomic E-state index is 10.7. The summed E-state index contributed by atoms with van der Waals surface area (Å²) < 4.78 is 10.6. The number of carbonyl (C=O) groups is 1. The molecule has 1 aromatic carbocycles. The predicted octanol–water partition coefficient (Wildman–Crippen LogP) is 1.94. The van der Waals surface area contributed by atoms with E-state index in [1.54, 1.807) is 0 Å². The van der Waals surface area contributed by atoms with Crippen LogP contribution in [0.15, 0.2) is 24.3 Å². The summed E-state index contributed by atoms with van der Waals surface area (Å²) >= 11 is 0. The Kier molecular flexibility index (Phi) is 2.90. The minimum absolute atomic E-state index is 0.00352. The second kappa shape index (κ2) is 4.34. The SMILES string of the molecule is CC(=O)OCC1CCc2ccccc2O1. The third-order valence-electron chi connectivity index (χ3n) is 2.47. The first kappa shape index (κ1) is 10.0. The zero-order valence-corrected chi connectivity index (χ0v) is 8.73. The number of hydrogen-bond acceptors (Lipinski definition) is 3. The largest absolute Gasteiger partial charge is 0.487 e. The lowest BCUT2D eigenvalue weighted by Crippen LogP contribution is -2.28. The van der Waals surface area contributed by atoms with E-state index in [1.165, 1.54) is 12.5 Å². The molecule has 0 saturated heterocycles. The summed E-state index contributed by atoms with van der Waals surface area (Å²) in [5.74, 6) is 0.665. The van der Waals surface area contributed by atoms with Gasteiger partial charge in [0.05, 0.1) is 0 Å². The van der Waals surface area contributed by atoms with Crippen LogP contribution in [-0.4, -0.2) is 18.7 Å². The zero-order valence-electron chi connectivity index (χ0n) is 8.73. The van der Waals surface area contributed by atoms with E-state index < -0.39 is 0 Å². The van der Waals surface area contributed by atoms with E-state index in [2.05, 4.69) is 6.07 Å². The van der Waals surface area contributed by atoms with E-state index in [1.807, 2.05) is 18.2 Å². The average molecular weight is 206 g/mol. The molecule has 1 heterocycles. The van der Waals surface area contributed by atoms with E-state index >= 15 is 0 Å². The fourth-order valence-corrected chi connectivity index (χ4v) is 1.71. The molecule has 0 radical (unpaired) electrons. The summed E-state index contributed by atoms with van der Waals surface area (Å²) in [5, 5.41) is 0. The maximum atomic E-state index is 10.7. The summed E-state index contributed by atoms with van der Waals surface area (Å²) in [6.07, 6.45) is 1.90. The van der Waals surface area contributed by atoms with Crippen LogP contribution in [0.25, 0.3) is 0 Å². The molecule has 80 valence electrons. The fourth-order valence-electron chi connectivity index (χ4n) is 1.71. The van der Waals surface area contributed by atoms with Crippen LogP contribution >= 0.6 is 0 Å². The van der Waals surface area contributed by atoms with Gasteiger partial charge in [-0.1, -0.05) is 18.2 Å². The van der Waals surface area contributed by atoms with Crippen LogP contribution in [0.5, 0.6) is 5.75 Å². The standard InChI is InChI=1S/C12H14O3/c1-9(13)14-8-11-7-6-10-4-2-3-5-12(10)15-11/h2-5,11H,6-8H2,1H3. The van der Waals surface area contributed by atoms with Gasteiger partial charge in [0, 0.05) is 6.92 Å². The van der Waals surface area contributed by atoms with Crippen molar-refractivity contribution in [1.29, 1.82) is 0 Å². The molecule has 0 bridgehead atoms. The quantitative estimate of drug-likeness (QED) is 0.694. The summed E-state index contributed by atoms with van der Waals surface area (Å²) in [5.41, 5.74) is 1.23. The molecule has 1 atom stereocenters.